The maximum absolute atomic E-state index is 13.9. The zero-order valence-corrected chi connectivity index (χ0v) is 20.1. The zero-order chi connectivity index (χ0) is 25.6. The number of carbonyl (C=O) groups excluding carboxylic acids is 2. The molecule has 188 valence electrons. The van der Waals surface area contributed by atoms with Crippen molar-refractivity contribution in [1.82, 2.24) is 25.2 Å². The second-order valence-corrected chi connectivity index (χ2v) is 8.28. The maximum atomic E-state index is 13.9. The Morgan fingerprint density at radius 2 is 1.78 bits per heavy atom. The second kappa shape index (κ2) is 10.8. The summed E-state index contributed by atoms with van der Waals surface area (Å²) >= 11 is 0. The molecule has 0 fully saturated rings. The van der Waals surface area contributed by atoms with E-state index in [9.17, 15) is 9.59 Å². The second-order valence-electron chi connectivity index (χ2n) is 8.28. The van der Waals surface area contributed by atoms with Gasteiger partial charge in [0.1, 0.15) is 29.3 Å². The number of nitrogens with one attached hydrogen (secondary N) is 1. The molecule has 2 amide bonds. The Kier molecular flexibility index (Phi) is 6.98. The molecule has 0 bridgehead atoms. The maximum Gasteiger partial charge on any atom is 0.251 e. The molecule has 2 aromatic carbocycles. The van der Waals surface area contributed by atoms with Crippen molar-refractivity contribution in [3.05, 3.63) is 102 Å². The molecule has 0 radical (unpaired) electrons. The fraction of sp³-hybridized carbons (Fsp3) is 0.185. The molecule has 10 heteroatoms. The number of fused-ring (bicyclic) bond motifs is 1. The lowest BCUT2D eigenvalue weighted by molar-refractivity contribution is -0.143. The molecule has 37 heavy (non-hydrogen) atoms. The molecule has 0 aliphatic heterocycles. The van der Waals surface area contributed by atoms with Gasteiger partial charge in [-0.1, -0.05) is 35.5 Å². The highest BCUT2D eigenvalue weighted by Gasteiger charge is 2.34. The summed E-state index contributed by atoms with van der Waals surface area (Å²) in [7, 11) is 1.56. The first-order valence-corrected chi connectivity index (χ1v) is 11.7. The van der Waals surface area contributed by atoms with Crippen molar-refractivity contribution in [3.63, 3.8) is 0 Å². The van der Waals surface area contributed by atoms with Gasteiger partial charge in [0.25, 0.3) is 5.91 Å². The van der Waals surface area contributed by atoms with Crippen molar-refractivity contribution in [1.29, 1.82) is 0 Å². The first-order chi connectivity index (χ1) is 18.1. The average Bonchev–Trinajstić information content (AvgIpc) is 3.71. The van der Waals surface area contributed by atoms with Gasteiger partial charge in [0.2, 0.25) is 5.91 Å². The third-order valence-electron chi connectivity index (χ3n) is 5.95. The minimum Gasteiger partial charge on any atom is -0.496 e. The Morgan fingerprint density at radius 3 is 2.57 bits per heavy atom. The summed E-state index contributed by atoms with van der Waals surface area (Å²) in [6.45, 7) is 0.126. The monoisotopic (exact) mass is 499 g/mol. The molecule has 5 aromatic rings. The Labute approximate surface area is 212 Å². The highest BCUT2D eigenvalue weighted by Crippen LogP contribution is 2.28. The highest BCUT2D eigenvalue weighted by atomic mass is 16.5. The van der Waals surface area contributed by atoms with Gasteiger partial charge < -0.3 is 23.8 Å². The van der Waals surface area contributed by atoms with Crippen LogP contribution in [0.4, 0.5) is 0 Å². The Hall–Kier alpha value is -4.86. The van der Waals surface area contributed by atoms with Crippen molar-refractivity contribution in [2.45, 2.75) is 25.7 Å². The number of methoxy groups -OCH3 is 1. The Bertz CT molecular complexity index is 1480. The van der Waals surface area contributed by atoms with Crippen LogP contribution in [0.2, 0.25) is 0 Å². The van der Waals surface area contributed by atoms with Crippen LogP contribution in [0.25, 0.3) is 11.0 Å². The third kappa shape index (κ3) is 5.22. The van der Waals surface area contributed by atoms with E-state index in [1.807, 2.05) is 48.5 Å². The van der Waals surface area contributed by atoms with Crippen molar-refractivity contribution >= 4 is 22.8 Å². The lowest BCUT2D eigenvalue weighted by Gasteiger charge is -2.30. The lowest BCUT2D eigenvalue weighted by atomic mass is 10.1. The molecule has 0 aliphatic carbocycles. The van der Waals surface area contributed by atoms with Crippen LogP contribution in [0.15, 0.2) is 94.2 Å². The van der Waals surface area contributed by atoms with Crippen LogP contribution in [0.5, 0.6) is 5.75 Å². The molecular formula is C27H25N5O5. The van der Waals surface area contributed by atoms with Crippen molar-refractivity contribution in [3.8, 4) is 5.75 Å². The predicted octanol–water partition coefficient (Wildman–Crippen LogP) is 3.71. The first-order valence-electron chi connectivity index (χ1n) is 11.7. The lowest BCUT2D eigenvalue weighted by Crippen LogP contribution is -2.44. The van der Waals surface area contributed by atoms with E-state index < -0.39 is 11.9 Å². The number of furan rings is 2. The van der Waals surface area contributed by atoms with Gasteiger partial charge in [0, 0.05) is 5.56 Å². The zero-order valence-electron chi connectivity index (χ0n) is 20.1. The summed E-state index contributed by atoms with van der Waals surface area (Å²) in [5.41, 5.74) is 2.12. The standard InChI is InChI=1S/C27H25N5O5/c1-35-23-12-5-2-8-19(23)17-31(25(33)18-32-22-11-4-3-10-21(22)29-30-32)26(24-13-7-15-37-24)27(34)28-16-20-9-6-14-36-20/h2-15,26H,16-18H2,1H3,(H,28,34). The van der Waals surface area contributed by atoms with E-state index in [0.717, 1.165) is 5.56 Å². The largest absolute Gasteiger partial charge is 0.496 e. The first kappa shape index (κ1) is 23.9. The van der Waals surface area contributed by atoms with Gasteiger partial charge in [-0.2, -0.15) is 0 Å². The number of nitrogens with zero attached hydrogens (tertiary/aromatic N) is 4. The molecule has 0 saturated heterocycles. The van der Waals surface area contributed by atoms with Crippen LogP contribution in [-0.2, 0) is 29.2 Å². The molecule has 0 aliphatic rings. The number of carbonyl (C=O) groups is 2. The van der Waals surface area contributed by atoms with Gasteiger partial charge in [-0.15, -0.1) is 5.10 Å². The van der Waals surface area contributed by atoms with E-state index in [-0.39, 0.29) is 25.5 Å². The smallest absolute Gasteiger partial charge is 0.251 e. The van der Waals surface area contributed by atoms with Gasteiger partial charge in [0.05, 0.1) is 38.2 Å². The summed E-state index contributed by atoms with van der Waals surface area (Å²) in [4.78, 5) is 28.9. The Balaban J connectivity index is 1.50. The van der Waals surface area contributed by atoms with E-state index in [4.69, 9.17) is 13.6 Å². The van der Waals surface area contributed by atoms with Crippen molar-refractivity contribution in [2.75, 3.05) is 7.11 Å². The van der Waals surface area contributed by atoms with Crippen LogP contribution >= 0.6 is 0 Å². The molecular weight excluding hydrogens is 474 g/mol. The van der Waals surface area contributed by atoms with Crippen LogP contribution in [0.3, 0.4) is 0 Å². The SMILES string of the molecule is COc1ccccc1CN(C(=O)Cn1nnc2ccccc21)C(C(=O)NCc1ccco1)c1ccco1. The fourth-order valence-corrected chi connectivity index (χ4v) is 4.15. The molecule has 1 N–H and O–H groups in total. The molecule has 1 unspecified atom stereocenters. The number of benzene rings is 2. The summed E-state index contributed by atoms with van der Waals surface area (Å²) in [5.74, 6) is 0.738. The Morgan fingerprint density at radius 1 is 1.00 bits per heavy atom. The molecule has 5 rings (SSSR count). The molecule has 10 nitrogen and oxygen atoms in total. The summed E-state index contributed by atoms with van der Waals surface area (Å²) in [5, 5.41) is 11.2. The molecule has 3 aromatic heterocycles. The molecule has 0 spiro atoms. The van der Waals surface area contributed by atoms with Gasteiger partial charge in [0.15, 0.2) is 6.04 Å². The van der Waals surface area contributed by atoms with Crippen LogP contribution in [-0.4, -0.2) is 38.8 Å². The van der Waals surface area contributed by atoms with Gasteiger partial charge in [-0.25, -0.2) is 4.68 Å². The van der Waals surface area contributed by atoms with Crippen molar-refractivity contribution < 1.29 is 23.2 Å². The summed E-state index contributed by atoms with van der Waals surface area (Å²) in [6.07, 6.45) is 3.00. The van der Waals surface area contributed by atoms with Gasteiger partial charge in [-0.05, 0) is 42.5 Å². The number of hydrogen-bond donors (Lipinski definition) is 1. The summed E-state index contributed by atoms with van der Waals surface area (Å²) < 4.78 is 18.0. The number of aromatic nitrogens is 3. The molecule has 1 atom stereocenters. The quantitative estimate of drug-likeness (QED) is 0.311. The van der Waals surface area contributed by atoms with Crippen LogP contribution in [0.1, 0.15) is 23.1 Å². The number of ether oxygens (including phenoxy) is 1. The fourth-order valence-electron chi connectivity index (χ4n) is 4.15. The normalized spacial score (nSPS) is 11.8. The summed E-state index contributed by atoms with van der Waals surface area (Å²) in [6, 6.07) is 20.5. The van der Waals surface area contributed by atoms with E-state index in [0.29, 0.717) is 28.3 Å². The minimum atomic E-state index is -1.06. The highest BCUT2D eigenvalue weighted by molar-refractivity contribution is 5.88. The third-order valence-corrected chi connectivity index (χ3v) is 5.95. The number of hydrogen-bond acceptors (Lipinski definition) is 7. The van der Waals surface area contributed by atoms with Gasteiger partial charge >= 0.3 is 0 Å². The van der Waals surface area contributed by atoms with Crippen LogP contribution < -0.4 is 10.1 Å². The van der Waals surface area contributed by atoms with E-state index >= 15 is 0 Å². The van der Waals surface area contributed by atoms with E-state index in [1.54, 1.807) is 31.4 Å². The topological polar surface area (TPSA) is 116 Å². The van der Waals surface area contributed by atoms with E-state index in [1.165, 1.54) is 22.1 Å². The average molecular weight is 500 g/mol. The number of amides is 2. The predicted molar refractivity (Wildman–Crippen MR) is 133 cm³/mol. The van der Waals surface area contributed by atoms with E-state index in [2.05, 4.69) is 15.6 Å². The molecule has 3 heterocycles. The van der Waals surface area contributed by atoms with Crippen molar-refractivity contribution in [2.24, 2.45) is 0 Å². The number of para-hydroxylation sites is 2. The molecule has 0 saturated carbocycles. The minimum absolute atomic E-state index is 0.0923. The van der Waals surface area contributed by atoms with Crippen LogP contribution in [0, 0.1) is 0 Å². The van der Waals surface area contributed by atoms with Gasteiger partial charge in [-0.3, -0.25) is 9.59 Å². The number of rotatable bonds is 10.